The van der Waals surface area contributed by atoms with E-state index in [2.05, 4.69) is 15.9 Å². The standard InChI is InChI=1S/C8H5BrFNO4/c9-3-6-5(8(12)13)1-4(11(14)15)2-7(6)10/h1-2H,3H2,(H,12,13). The van der Waals surface area contributed by atoms with Crippen LogP contribution in [0.3, 0.4) is 0 Å². The summed E-state index contributed by atoms with van der Waals surface area (Å²) in [5.41, 5.74) is -1.08. The molecule has 80 valence electrons. The fourth-order valence-corrected chi connectivity index (χ4v) is 1.62. The van der Waals surface area contributed by atoms with Crippen LogP contribution >= 0.6 is 15.9 Å². The molecule has 0 unspecified atom stereocenters. The number of benzene rings is 1. The fraction of sp³-hybridized carbons (Fsp3) is 0.125. The van der Waals surface area contributed by atoms with E-state index in [4.69, 9.17) is 5.11 Å². The second-order valence-electron chi connectivity index (χ2n) is 2.65. The molecular weight excluding hydrogens is 273 g/mol. The van der Waals surface area contributed by atoms with E-state index in [9.17, 15) is 19.3 Å². The number of nitrogens with zero attached hydrogens (tertiary/aromatic N) is 1. The van der Waals surface area contributed by atoms with Gasteiger partial charge in [0, 0.05) is 17.0 Å². The summed E-state index contributed by atoms with van der Waals surface area (Å²) in [6, 6.07) is 1.53. The van der Waals surface area contributed by atoms with E-state index < -0.39 is 28.0 Å². The van der Waals surface area contributed by atoms with E-state index in [0.29, 0.717) is 6.07 Å². The van der Waals surface area contributed by atoms with Gasteiger partial charge in [-0.25, -0.2) is 9.18 Å². The van der Waals surface area contributed by atoms with Crippen LogP contribution in [0.4, 0.5) is 10.1 Å². The third-order valence-corrected chi connectivity index (χ3v) is 2.32. The summed E-state index contributed by atoms with van der Waals surface area (Å²) in [4.78, 5) is 20.2. The summed E-state index contributed by atoms with van der Waals surface area (Å²) in [5, 5.41) is 19.1. The van der Waals surface area contributed by atoms with Crippen LogP contribution in [0.5, 0.6) is 0 Å². The van der Waals surface area contributed by atoms with Crippen molar-refractivity contribution in [3.8, 4) is 0 Å². The summed E-state index contributed by atoms with van der Waals surface area (Å²) in [7, 11) is 0. The zero-order valence-corrected chi connectivity index (χ0v) is 8.82. The molecule has 15 heavy (non-hydrogen) atoms. The van der Waals surface area contributed by atoms with Gasteiger partial charge in [0.15, 0.2) is 0 Å². The molecule has 0 radical (unpaired) electrons. The monoisotopic (exact) mass is 277 g/mol. The van der Waals surface area contributed by atoms with Crippen molar-refractivity contribution < 1.29 is 19.2 Å². The highest BCUT2D eigenvalue weighted by molar-refractivity contribution is 9.08. The topological polar surface area (TPSA) is 80.4 Å². The number of nitro benzene ring substituents is 1. The molecule has 0 aliphatic heterocycles. The van der Waals surface area contributed by atoms with E-state index in [1.54, 1.807) is 0 Å². The van der Waals surface area contributed by atoms with Crippen molar-refractivity contribution in [2.24, 2.45) is 0 Å². The molecule has 0 saturated carbocycles. The van der Waals surface area contributed by atoms with Gasteiger partial charge in [0.2, 0.25) is 0 Å². The van der Waals surface area contributed by atoms with Gasteiger partial charge in [-0.1, -0.05) is 15.9 Å². The van der Waals surface area contributed by atoms with Crippen molar-refractivity contribution in [2.75, 3.05) is 0 Å². The molecule has 0 bridgehead atoms. The highest BCUT2D eigenvalue weighted by Crippen LogP contribution is 2.23. The van der Waals surface area contributed by atoms with E-state index in [1.165, 1.54) is 0 Å². The third kappa shape index (κ3) is 2.30. The molecule has 0 aliphatic rings. The van der Waals surface area contributed by atoms with Crippen molar-refractivity contribution in [1.29, 1.82) is 0 Å². The van der Waals surface area contributed by atoms with Gasteiger partial charge >= 0.3 is 5.97 Å². The summed E-state index contributed by atoms with van der Waals surface area (Å²) in [6.07, 6.45) is 0. The SMILES string of the molecule is O=C(O)c1cc([N+](=O)[O-])cc(F)c1CBr. The first kappa shape index (κ1) is 11.6. The second kappa shape index (κ2) is 4.35. The number of nitro groups is 1. The lowest BCUT2D eigenvalue weighted by atomic mass is 10.1. The largest absolute Gasteiger partial charge is 0.478 e. The molecule has 1 rings (SSSR count). The summed E-state index contributed by atoms with van der Waals surface area (Å²) < 4.78 is 13.2. The molecule has 0 atom stereocenters. The minimum atomic E-state index is -1.40. The minimum Gasteiger partial charge on any atom is -0.478 e. The van der Waals surface area contributed by atoms with Gasteiger partial charge in [-0.05, 0) is 0 Å². The van der Waals surface area contributed by atoms with Gasteiger partial charge in [0.1, 0.15) is 5.82 Å². The lowest BCUT2D eigenvalue weighted by Crippen LogP contribution is -2.05. The predicted molar refractivity (Wildman–Crippen MR) is 52.6 cm³/mol. The van der Waals surface area contributed by atoms with Gasteiger partial charge in [-0.15, -0.1) is 0 Å². The number of rotatable bonds is 3. The summed E-state index contributed by atoms with van der Waals surface area (Å²) in [6.45, 7) is 0. The third-order valence-electron chi connectivity index (χ3n) is 1.76. The zero-order valence-electron chi connectivity index (χ0n) is 7.24. The number of hydrogen-bond donors (Lipinski definition) is 1. The molecule has 1 aromatic rings. The van der Waals surface area contributed by atoms with Crippen molar-refractivity contribution in [2.45, 2.75) is 5.33 Å². The molecule has 1 N–H and O–H groups in total. The van der Waals surface area contributed by atoms with Crippen LogP contribution in [-0.2, 0) is 5.33 Å². The summed E-state index contributed by atoms with van der Waals surface area (Å²) in [5.74, 6) is -2.30. The molecule has 0 aliphatic carbocycles. The maximum absolute atomic E-state index is 13.2. The number of aromatic carboxylic acids is 1. The van der Waals surface area contributed by atoms with Crippen LogP contribution in [-0.4, -0.2) is 16.0 Å². The lowest BCUT2D eigenvalue weighted by Gasteiger charge is -2.03. The number of carbonyl (C=O) groups is 1. The highest BCUT2D eigenvalue weighted by atomic mass is 79.9. The Balaban J connectivity index is 3.45. The van der Waals surface area contributed by atoms with E-state index >= 15 is 0 Å². The van der Waals surface area contributed by atoms with Crippen molar-refractivity contribution >= 4 is 27.6 Å². The Morgan fingerprint density at radius 3 is 2.60 bits per heavy atom. The molecule has 0 spiro atoms. The molecule has 0 fully saturated rings. The highest BCUT2D eigenvalue weighted by Gasteiger charge is 2.19. The number of halogens is 2. The van der Waals surface area contributed by atoms with E-state index in [-0.39, 0.29) is 10.9 Å². The van der Waals surface area contributed by atoms with Crippen LogP contribution in [0.2, 0.25) is 0 Å². The maximum atomic E-state index is 13.2. The van der Waals surface area contributed by atoms with Gasteiger partial charge in [-0.2, -0.15) is 0 Å². The Morgan fingerprint density at radius 1 is 1.60 bits per heavy atom. The second-order valence-corrected chi connectivity index (χ2v) is 3.21. The molecule has 7 heteroatoms. The lowest BCUT2D eigenvalue weighted by molar-refractivity contribution is -0.385. The first-order chi connectivity index (χ1) is 6.97. The van der Waals surface area contributed by atoms with Crippen LogP contribution in [0.15, 0.2) is 12.1 Å². The molecule has 1 aromatic carbocycles. The average Bonchev–Trinajstić information content (AvgIpc) is 2.16. The van der Waals surface area contributed by atoms with E-state index in [1.807, 2.05) is 0 Å². The number of hydrogen-bond acceptors (Lipinski definition) is 3. The Hall–Kier alpha value is -1.50. The molecule has 0 aromatic heterocycles. The first-order valence-corrected chi connectivity index (χ1v) is 4.85. The maximum Gasteiger partial charge on any atom is 0.336 e. The Kier molecular flexibility index (Phi) is 3.35. The number of carboxylic acid groups (broad SMARTS) is 1. The van der Waals surface area contributed by atoms with Gasteiger partial charge in [0.05, 0.1) is 16.6 Å². The number of alkyl halides is 1. The van der Waals surface area contributed by atoms with Crippen LogP contribution in [0.1, 0.15) is 15.9 Å². The zero-order chi connectivity index (χ0) is 11.6. The first-order valence-electron chi connectivity index (χ1n) is 3.73. The molecule has 0 heterocycles. The predicted octanol–water partition coefficient (Wildman–Crippen LogP) is 2.33. The van der Waals surface area contributed by atoms with Crippen molar-refractivity contribution in [3.63, 3.8) is 0 Å². The van der Waals surface area contributed by atoms with Crippen LogP contribution in [0.25, 0.3) is 0 Å². The summed E-state index contributed by atoms with van der Waals surface area (Å²) >= 11 is 2.92. The molecular formula is C8H5BrFNO4. The minimum absolute atomic E-state index is 0.0154. The van der Waals surface area contributed by atoms with Gasteiger partial charge in [-0.3, -0.25) is 10.1 Å². The van der Waals surface area contributed by atoms with E-state index in [0.717, 1.165) is 6.07 Å². The average molecular weight is 278 g/mol. The normalized spacial score (nSPS) is 10.0. The van der Waals surface area contributed by atoms with Crippen molar-refractivity contribution in [1.82, 2.24) is 0 Å². The van der Waals surface area contributed by atoms with Crippen molar-refractivity contribution in [3.05, 3.63) is 39.2 Å². The van der Waals surface area contributed by atoms with Crippen LogP contribution < -0.4 is 0 Å². The fourth-order valence-electron chi connectivity index (χ4n) is 1.05. The van der Waals surface area contributed by atoms with Gasteiger partial charge in [0.25, 0.3) is 5.69 Å². The smallest absolute Gasteiger partial charge is 0.336 e. The quantitative estimate of drug-likeness (QED) is 0.522. The van der Waals surface area contributed by atoms with Gasteiger partial charge < -0.3 is 5.11 Å². The molecule has 5 nitrogen and oxygen atoms in total. The Labute approximate surface area is 91.8 Å². The number of carboxylic acids is 1. The number of non-ortho nitro benzene ring substituents is 1. The molecule has 0 saturated heterocycles. The molecule has 0 amide bonds. The Bertz CT molecular complexity index is 435. The Morgan fingerprint density at radius 2 is 2.20 bits per heavy atom. The van der Waals surface area contributed by atoms with Crippen LogP contribution in [0, 0.1) is 15.9 Å².